The third-order valence-corrected chi connectivity index (χ3v) is 8.56. The second kappa shape index (κ2) is 11.9. The quantitative estimate of drug-likeness (QED) is 0.359. The van der Waals surface area contributed by atoms with Crippen molar-refractivity contribution in [3.05, 3.63) is 23.8 Å². The van der Waals surface area contributed by atoms with Gasteiger partial charge in [-0.05, 0) is 83.1 Å². The smallest absolute Gasteiger partial charge is 0.313 e. The van der Waals surface area contributed by atoms with Gasteiger partial charge in [0, 0.05) is 18.9 Å². The Morgan fingerprint density at radius 1 is 1.28 bits per heavy atom. The van der Waals surface area contributed by atoms with E-state index in [0.717, 1.165) is 19.3 Å². The second-order valence-electron chi connectivity index (χ2n) is 11.4. The fourth-order valence-electron chi connectivity index (χ4n) is 5.90. The molecule has 1 aliphatic heterocycles. The summed E-state index contributed by atoms with van der Waals surface area (Å²) in [6, 6.07) is 0. The second-order valence-corrected chi connectivity index (χ2v) is 11.4. The Morgan fingerprint density at radius 2 is 2.00 bits per heavy atom. The number of hydrogen-bond donors (Lipinski definition) is 1. The Morgan fingerprint density at radius 3 is 2.64 bits per heavy atom. The van der Waals surface area contributed by atoms with Crippen LogP contribution in [-0.2, 0) is 23.9 Å². The molecule has 3 rings (SSSR count). The number of nitrogens with zero attached hydrogens (tertiary/aromatic N) is 1. The van der Waals surface area contributed by atoms with Crippen molar-refractivity contribution in [3.63, 3.8) is 0 Å². The maximum absolute atomic E-state index is 14.0. The molecule has 1 N–H and O–H groups in total. The van der Waals surface area contributed by atoms with Crippen molar-refractivity contribution >= 4 is 17.8 Å². The molecule has 2 aliphatic carbocycles. The Labute approximate surface area is 216 Å². The number of carbonyl (C=O) groups is 3. The third-order valence-electron chi connectivity index (χ3n) is 8.56. The molecule has 1 fully saturated rings. The van der Waals surface area contributed by atoms with Crippen LogP contribution in [0.1, 0.15) is 86.5 Å². The first-order chi connectivity index (χ1) is 17.0. The maximum Gasteiger partial charge on any atom is 0.313 e. The third kappa shape index (κ3) is 6.39. The van der Waals surface area contributed by atoms with Gasteiger partial charge < -0.3 is 19.5 Å². The van der Waals surface area contributed by atoms with Crippen molar-refractivity contribution < 1.29 is 29.0 Å². The number of hydrogen-bond acceptors (Lipinski definition) is 6. The van der Waals surface area contributed by atoms with Crippen LogP contribution in [0.4, 0.5) is 0 Å². The maximum atomic E-state index is 14.0. The standard InChI is InChI=1S/C29H45NO6/c1-7-29(5,6)28(34)35-19(4)30(8-2)27(33)24-11-9-10-20-13-12-18(3)23(26(20)24)15-14-22-16-21(31)17-25(32)36-22/h10,12-13,18-19,21-24,26,31H,7-9,11,14-17H2,1-6H3/t18-,19?,21+,22+,23?,24-,26+/m0/s1. The normalized spacial score (nSPS) is 31.1. The number of esters is 2. The number of carbonyl (C=O) groups excluding carboxylic acids is 3. The number of aliphatic hydroxyl groups excluding tert-OH is 1. The molecule has 3 aliphatic rings. The zero-order valence-electron chi connectivity index (χ0n) is 22.9. The topological polar surface area (TPSA) is 93.1 Å². The zero-order valence-corrected chi connectivity index (χ0v) is 22.9. The van der Waals surface area contributed by atoms with Crippen molar-refractivity contribution in [1.82, 2.24) is 4.90 Å². The molecule has 7 nitrogen and oxygen atoms in total. The van der Waals surface area contributed by atoms with Crippen molar-refractivity contribution in [3.8, 4) is 0 Å². The van der Waals surface area contributed by atoms with Crippen molar-refractivity contribution in [1.29, 1.82) is 0 Å². The van der Waals surface area contributed by atoms with Crippen LogP contribution in [0.5, 0.6) is 0 Å². The number of cyclic esters (lactones) is 1. The van der Waals surface area contributed by atoms with Gasteiger partial charge in [-0.15, -0.1) is 0 Å². The summed E-state index contributed by atoms with van der Waals surface area (Å²) in [5, 5.41) is 10.0. The molecule has 0 saturated carbocycles. The molecule has 1 heterocycles. The molecule has 7 atom stereocenters. The lowest BCUT2D eigenvalue weighted by atomic mass is 9.63. The number of allylic oxidation sites excluding steroid dienone is 4. The molecule has 2 unspecified atom stereocenters. The summed E-state index contributed by atoms with van der Waals surface area (Å²) in [5.41, 5.74) is 0.610. The summed E-state index contributed by atoms with van der Waals surface area (Å²) in [5.74, 6) is -0.208. The highest BCUT2D eigenvalue weighted by molar-refractivity contribution is 5.81. The van der Waals surface area contributed by atoms with E-state index in [9.17, 15) is 19.5 Å². The first-order valence-corrected chi connectivity index (χ1v) is 13.8. The summed E-state index contributed by atoms with van der Waals surface area (Å²) in [7, 11) is 0. The van der Waals surface area contributed by atoms with E-state index in [1.54, 1.807) is 11.8 Å². The minimum absolute atomic E-state index is 0.0368. The van der Waals surface area contributed by atoms with Crippen molar-refractivity contribution in [2.24, 2.45) is 29.1 Å². The van der Waals surface area contributed by atoms with Gasteiger partial charge in [0.05, 0.1) is 17.9 Å². The molecule has 1 amide bonds. The number of ether oxygens (including phenoxy) is 2. The highest BCUT2D eigenvalue weighted by Gasteiger charge is 2.44. The minimum Gasteiger partial charge on any atom is -0.462 e. The van der Waals surface area contributed by atoms with Gasteiger partial charge in [-0.3, -0.25) is 14.4 Å². The van der Waals surface area contributed by atoms with Crippen molar-refractivity contribution in [2.75, 3.05) is 6.54 Å². The predicted molar refractivity (Wildman–Crippen MR) is 137 cm³/mol. The summed E-state index contributed by atoms with van der Waals surface area (Å²) in [6.07, 6.45) is 9.37. The van der Waals surface area contributed by atoms with Crippen molar-refractivity contribution in [2.45, 2.75) is 105 Å². The van der Waals surface area contributed by atoms with Crippen LogP contribution < -0.4 is 0 Å². The first-order valence-electron chi connectivity index (χ1n) is 13.8. The van der Waals surface area contributed by atoms with Crippen LogP contribution in [0, 0.1) is 29.1 Å². The molecule has 0 bridgehead atoms. The van der Waals surface area contributed by atoms with Gasteiger partial charge in [0.2, 0.25) is 5.91 Å². The van der Waals surface area contributed by atoms with E-state index in [-0.39, 0.29) is 54.0 Å². The lowest BCUT2D eigenvalue weighted by Crippen LogP contribution is -2.49. The lowest BCUT2D eigenvalue weighted by Gasteiger charge is -2.44. The molecule has 202 valence electrons. The van der Waals surface area contributed by atoms with Crippen LogP contribution in [0.25, 0.3) is 0 Å². The molecular formula is C29H45NO6. The summed E-state index contributed by atoms with van der Waals surface area (Å²) >= 11 is 0. The average molecular weight is 504 g/mol. The number of amides is 1. The van der Waals surface area contributed by atoms with E-state index in [1.165, 1.54) is 5.57 Å². The van der Waals surface area contributed by atoms with Crippen LogP contribution in [0.3, 0.4) is 0 Å². The van der Waals surface area contributed by atoms with E-state index in [4.69, 9.17) is 9.47 Å². The number of fused-ring (bicyclic) bond motifs is 1. The summed E-state index contributed by atoms with van der Waals surface area (Å²) < 4.78 is 11.3. The highest BCUT2D eigenvalue weighted by atomic mass is 16.6. The lowest BCUT2D eigenvalue weighted by molar-refractivity contribution is -0.173. The largest absolute Gasteiger partial charge is 0.462 e. The Balaban J connectivity index is 1.76. The molecule has 0 aromatic heterocycles. The molecule has 7 heteroatoms. The predicted octanol–water partition coefficient (Wildman–Crippen LogP) is 4.78. The minimum atomic E-state index is -0.639. The Kier molecular flexibility index (Phi) is 9.42. The fraction of sp³-hybridized carbons (Fsp3) is 0.759. The van der Waals surface area contributed by atoms with Crippen LogP contribution in [0.2, 0.25) is 0 Å². The van der Waals surface area contributed by atoms with Gasteiger partial charge in [-0.1, -0.05) is 32.1 Å². The van der Waals surface area contributed by atoms with E-state index >= 15 is 0 Å². The van der Waals surface area contributed by atoms with E-state index < -0.39 is 17.7 Å². The van der Waals surface area contributed by atoms with E-state index in [2.05, 4.69) is 25.2 Å². The van der Waals surface area contributed by atoms with Gasteiger partial charge >= 0.3 is 11.9 Å². The highest BCUT2D eigenvalue weighted by Crippen LogP contribution is 2.46. The molecule has 0 aromatic carbocycles. The summed E-state index contributed by atoms with van der Waals surface area (Å²) in [6.45, 7) is 12.0. The Bertz CT molecular complexity index is 877. The first kappa shape index (κ1) is 28.4. The number of rotatable bonds is 9. The van der Waals surface area contributed by atoms with E-state index in [1.807, 2.05) is 27.7 Å². The molecule has 36 heavy (non-hydrogen) atoms. The molecule has 0 spiro atoms. The van der Waals surface area contributed by atoms with E-state index in [0.29, 0.717) is 25.8 Å². The SMILES string of the molecule is CCN(C(=O)[C@H]1CCC=C2C=C[C@H](C)C(CC[C@@H]3C[C@@H](O)CC(=O)O3)[C@@H]21)C(C)OC(=O)C(C)(C)CC. The van der Waals surface area contributed by atoms with Gasteiger partial charge in [0.1, 0.15) is 6.10 Å². The zero-order chi connectivity index (χ0) is 26.6. The monoisotopic (exact) mass is 503 g/mol. The van der Waals surface area contributed by atoms with Gasteiger partial charge in [0.25, 0.3) is 0 Å². The number of aliphatic hydroxyl groups is 1. The van der Waals surface area contributed by atoms with Crippen LogP contribution in [0.15, 0.2) is 23.8 Å². The van der Waals surface area contributed by atoms with Crippen LogP contribution >= 0.6 is 0 Å². The molecular weight excluding hydrogens is 458 g/mol. The summed E-state index contributed by atoms with van der Waals surface area (Å²) in [4.78, 5) is 40.2. The van der Waals surface area contributed by atoms with Gasteiger partial charge in [0.15, 0.2) is 6.23 Å². The average Bonchev–Trinajstić information content (AvgIpc) is 2.82. The Hall–Kier alpha value is -2.15. The molecule has 0 radical (unpaired) electrons. The van der Waals surface area contributed by atoms with Gasteiger partial charge in [-0.25, -0.2) is 0 Å². The molecule has 1 saturated heterocycles. The fourth-order valence-corrected chi connectivity index (χ4v) is 5.90. The van der Waals surface area contributed by atoms with Crippen LogP contribution in [-0.4, -0.2) is 52.8 Å². The molecule has 0 aromatic rings. The van der Waals surface area contributed by atoms with Gasteiger partial charge in [-0.2, -0.15) is 0 Å².